The molecule has 0 radical (unpaired) electrons. The third-order valence-electron chi connectivity index (χ3n) is 3.68. The van der Waals surface area contributed by atoms with Crippen LogP contribution in [0.4, 0.5) is 0 Å². The Morgan fingerprint density at radius 1 is 0.842 bits per heavy atom. The molecule has 0 amide bonds. The van der Waals surface area contributed by atoms with E-state index in [1.807, 2.05) is 0 Å². The van der Waals surface area contributed by atoms with Gasteiger partial charge in [0, 0.05) is 5.92 Å². The fraction of sp³-hybridized carbons (Fsp3) is 0.158. The van der Waals surface area contributed by atoms with Crippen molar-refractivity contribution in [1.29, 1.82) is 0 Å². The molecule has 0 nitrogen and oxygen atoms in total. The van der Waals surface area contributed by atoms with Gasteiger partial charge in [-0.15, -0.1) is 0 Å². The summed E-state index contributed by atoms with van der Waals surface area (Å²) >= 11 is 0. The molecule has 0 bridgehead atoms. The average Bonchev–Trinajstić information content (AvgIpc) is 2.48. The number of hydrogen-bond acceptors (Lipinski definition) is 0. The fourth-order valence-corrected chi connectivity index (χ4v) is 2.76. The summed E-state index contributed by atoms with van der Waals surface area (Å²) in [4.78, 5) is 0. The maximum absolute atomic E-state index is 2.38. The van der Waals surface area contributed by atoms with Crippen molar-refractivity contribution in [3.8, 4) is 0 Å². The summed E-state index contributed by atoms with van der Waals surface area (Å²) < 4.78 is 0. The van der Waals surface area contributed by atoms with E-state index in [0.717, 1.165) is 6.42 Å². The van der Waals surface area contributed by atoms with Gasteiger partial charge < -0.3 is 0 Å². The van der Waals surface area contributed by atoms with E-state index in [2.05, 4.69) is 79.7 Å². The van der Waals surface area contributed by atoms with Gasteiger partial charge in [-0.25, -0.2) is 0 Å². The van der Waals surface area contributed by atoms with E-state index in [4.69, 9.17) is 0 Å². The second kappa shape index (κ2) is 5.27. The second-order valence-corrected chi connectivity index (χ2v) is 5.17. The molecule has 0 aromatic heterocycles. The monoisotopic (exact) mass is 246 g/mol. The van der Waals surface area contributed by atoms with Crippen LogP contribution in [0.2, 0.25) is 0 Å². The minimum Gasteiger partial charge on any atom is -0.0737 e. The highest BCUT2D eigenvalue weighted by atomic mass is 14.2. The molecule has 0 N–H and O–H groups in total. The third-order valence-corrected chi connectivity index (χ3v) is 3.68. The zero-order chi connectivity index (χ0) is 13.1. The van der Waals surface area contributed by atoms with Gasteiger partial charge in [-0.1, -0.05) is 78.4 Å². The standard InChI is InChI=1S/C19H18/c1-15-12-18(16-8-4-2-5-9-16)14-19(13-15)17-10-6-3-7-11-17/h2-13,18H,14H2,1H3. The van der Waals surface area contributed by atoms with E-state index in [9.17, 15) is 0 Å². The molecule has 0 fully saturated rings. The van der Waals surface area contributed by atoms with E-state index < -0.39 is 0 Å². The Morgan fingerprint density at radius 3 is 2.16 bits per heavy atom. The SMILES string of the molecule is CC1=CC(c2ccccc2)CC(c2ccccc2)=C1. The maximum atomic E-state index is 2.38. The van der Waals surface area contributed by atoms with Crippen LogP contribution in [-0.4, -0.2) is 0 Å². The lowest BCUT2D eigenvalue weighted by Gasteiger charge is -2.21. The summed E-state index contributed by atoms with van der Waals surface area (Å²) in [5.74, 6) is 0.501. The molecule has 94 valence electrons. The molecular formula is C19H18. The minimum absolute atomic E-state index is 0.501. The minimum atomic E-state index is 0.501. The summed E-state index contributed by atoms with van der Waals surface area (Å²) in [5, 5.41) is 0. The van der Waals surface area contributed by atoms with E-state index in [0.29, 0.717) is 5.92 Å². The summed E-state index contributed by atoms with van der Waals surface area (Å²) in [6.07, 6.45) is 5.78. The highest BCUT2D eigenvalue weighted by Gasteiger charge is 2.16. The van der Waals surface area contributed by atoms with Crippen LogP contribution in [0, 0.1) is 0 Å². The van der Waals surface area contributed by atoms with E-state index in [-0.39, 0.29) is 0 Å². The number of rotatable bonds is 2. The van der Waals surface area contributed by atoms with Gasteiger partial charge in [0.05, 0.1) is 0 Å². The van der Waals surface area contributed by atoms with Crippen molar-refractivity contribution in [3.05, 3.63) is 89.5 Å². The van der Waals surface area contributed by atoms with Crippen LogP contribution in [0.15, 0.2) is 78.4 Å². The Morgan fingerprint density at radius 2 is 1.47 bits per heavy atom. The van der Waals surface area contributed by atoms with Gasteiger partial charge in [-0.05, 0) is 30.0 Å². The van der Waals surface area contributed by atoms with Crippen LogP contribution in [0.3, 0.4) is 0 Å². The quantitative estimate of drug-likeness (QED) is 0.683. The highest BCUT2D eigenvalue weighted by molar-refractivity contribution is 5.70. The molecule has 1 aliphatic carbocycles. The predicted molar refractivity (Wildman–Crippen MR) is 82.0 cm³/mol. The zero-order valence-electron chi connectivity index (χ0n) is 11.2. The van der Waals surface area contributed by atoms with Crippen molar-refractivity contribution < 1.29 is 0 Å². The Balaban J connectivity index is 1.92. The second-order valence-electron chi connectivity index (χ2n) is 5.17. The Labute approximate surface area is 115 Å². The van der Waals surface area contributed by atoms with Gasteiger partial charge >= 0.3 is 0 Å². The molecular weight excluding hydrogens is 228 g/mol. The first kappa shape index (κ1) is 12.0. The average molecular weight is 246 g/mol. The largest absolute Gasteiger partial charge is 0.0737 e. The molecule has 0 saturated heterocycles. The Hall–Kier alpha value is -2.08. The number of hydrogen-bond donors (Lipinski definition) is 0. The van der Waals surface area contributed by atoms with E-state index in [1.54, 1.807) is 0 Å². The van der Waals surface area contributed by atoms with Gasteiger partial charge in [-0.2, -0.15) is 0 Å². The van der Waals surface area contributed by atoms with Gasteiger partial charge in [-0.3, -0.25) is 0 Å². The molecule has 0 aliphatic heterocycles. The van der Waals surface area contributed by atoms with Crippen LogP contribution in [0.5, 0.6) is 0 Å². The van der Waals surface area contributed by atoms with Crippen LogP contribution < -0.4 is 0 Å². The molecule has 2 aromatic carbocycles. The molecule has 2 aromatic rings. The van der Waals surface area contributed by atoms with Crippen LogP contribution >= 0.6 is 0 Å². The van der Waals surface area contributed by atoms with Gasteiger partial charge in [0.1, 0.15) is 0 Å². The lowest BCUT2D eigenvalue weighted by molar-refractivity contribution is 0.857. The smallest absolute Gasteiger partial charge is 0.00643 e. The lowest BCUT2D eigenvalue weighted by atomic mass is 9.83. The Bertz CT molecular complexity index is 603. The molecule has 0 saturated carbocycles. The fourth-order valence-electron chi connectivity index (χ4n) is 2.76. The summed E-state index contributed by atoms with van der Waals surface area (Å²) in [5.41, 5.74) is 5.55. The van der Waals surface area contributed by atoms with Crippen LogP contribution in [0.25, 0.3) is 5.57 Å². The van der Waals surface area contributed by atoms with Crippen molar-refractivity contribution in [1.82, 2.24) is 0 Å². The van der Waals surface area contributed by atoms with Crippen molar-refractivity contribution in [2.75, 3.05) is 0 Å². The van der Waals surface area contributed by atoms with Crippen LogP contribution in [0.1, 0.15) is 30.4 Å². The first-order valence-electron chi connectivity index (χ1n) is 6.82. The molecule has 1 atom stereocenters. The summed E-state index contributed by atoms with van der Waals surface area (Å²) in [7, 11) is 0. The van der Waals surface area contributed by atoms with E-state index in [1.165, 1.54) is 22.3 Å². The first-order chi connectivity index (χ1) is 9.33. The molecule has 0 heterocycles. The predicted octanol–water partition coefficient (Wildman–Crippen LogP) is 5.20. The topological polar surface area (TPSA) is 0 Å². The highest BCUT2D eigenvalue weighted by Crippen LogP contribution is 2.35. The molecule has 1 unspecified atom stereocenters. The zero-order valence-corrected chi connectivity index (χ0v) is 11.2. The van der Waals surface area contributed by atoms with Crippen molar-refractivity contribution >= 4 is 5.57 Å². The third kappa shape index (κ3) is 2.68. The number of benzene rings is 2. The molecule has 0 spiro atoms. The molecule has 0 heteroatoms. The summed E-state index contributed by atoms with van der Waals surface area (Å²) in [6, 6.07) is 21.5. The summed E-state index contributed by atoms with van der Waals surface area (Å²) in [6.45, 7) is 2.19. The van der Waals surface area contributed by atoms with Crippen molar-refractivity contribution in [3.63, 3.8) is 0 Å². The molecule has 3 rings (SSSR count). The lowest BCUT2D eigenvalue weighted by Crippen LogP contribution is -2.02. The molecule has 1 aliphatic rings. The van der Waals surface area contributed by atoms with E-state index >= 15 is 0 Å². The van der Waals surface area contributed by atoms with Gasteiger partial charge in [0.25, 0.3) is 0 Å². The van der Waals surface area contributed by atoms with Crippen LogP contribution in [-0.2, 0) is 0 Å². The Kier molecular flexibility index (Phi) is 3.33. The van der Waals surface area contributed by atoms with Crippen molar-refractivity contribution in [2.24, 2.45) is 0 Å². The van der Waals surface area contributed by atoms with Gasteiger partial charge in [0.15, 0.2) is 0 Å². The van der Waals surface area contributed by atoms with Crippen molar-refractivity contribution in [2.45, 2.75) is 19.3 Å². The maximum Gasteiger partial charge on any atom is 0.00643 e. The number of allylic oxidation sites excluding steroid dienone is 4. The first-order valence-corrected chi connectivity index (χ1v) is 6.82. The molecule has 19 heavy (non-hydrogen) atoms. The van der Waals surface area contributed by atoms with Gasteiger partial charge in [0.2, 0.25) is 0 Å². The normalized spacial score (nSPS) is 18.7.